The zero-order chi connectivity index (χ0) is 18.0. The Hall–Kier alpha value is -2.39. The molecule has 3 aromatic rings. The summed E-state index contributed by atoms with van der Waals surface area (Å²) in [6.45, 7) is 11.0. The monoisotopic (exact) mass is 335 g/mol. The van der Waals surface area contributed by atoms with Crippen molar-refractivity contribution in [2.45, 2.75) is 40.8 Å². The smallest absolute Gasteiger partial charge is 0.198 e. The van der Waals surface area contributed by atoms with E-state index in [1.54, 1.807) is 0 Å². The predicted octanol–water partition coefficient (Wildman–Crippen LogP) is 3.06. The van der Waals surface area contributed by atoms with E-state index in [0.717, 1.165) is 47.4 Å². The van der Waals surface area contributed by atoms with Gasteiger partial charge in [-0.3, -0.25) is 4.79 Å². The minimum atomic E-state index is 0.183. The van der Waals surface area contributed by atoms with Crippen LogP contribution in [0.4, 0.5) is 0 Å². The average molecular weight is 335 g/mol. The van der Waals surface area contributed by atoms with Gasteiger partial charge < -0.3 is 9.88 Å². The molecular weight excluding hydrogens is 308 g/mol. The van der Waals surface area contributed by atoms with Gasteiger partial charge >= 0.3 is 0 Å². The summed E-state index contributed by atoms with van der Waals surface area (Å²) in [5.74, 6) is 0. The lowest BCUT2D eigenvalue weighted by Gasteiger charge is -2.19. The number of nitrogens with one attached hydrogen (secondary N) is 2. The molecular formula is C22H27N2O+. The fraction of sp³-hybridized carbons (Fsp3) is 0.318. The van der Waals surface area contributed by atoms with E-state index in [1.165, 1.54) is 16.0 Å². The van der Waals surface area contributed by atoms with Crippen LogP contribution in [-0.2, 0) is 13.1 Å². The van der Waals surface area contributed by atoms with E-state index in [1.807, 2.05) is 19.9 Å². The number of rotatable bonds is 5. The molecule has 0 spiro atoms. The Balaban J connectivity index is 1.99. The number of aryl methyl sites for hydroxylation is 3. The van der Waals surface area contributed by atoms with Gasteiger partial charge in [0.25, 0.3) is 0 Å². The molecule has 2 aromatic carbocycles. The van der Waals surface area contributed by atoms with Crippen LogP contribution in [0.1, 0.15) is 34.9 Å². The van der Waals surface area contributed by atoms with E-state index in [2.05, 4.69) is 55.2 Å². The van der Waals surface area contributed by atoms with Crippen molar-refractivity contribution in [1.82, 2.24) is 4.98 Å². The topological polar surface area (TPSA) is 37.3 Å². The Bertz CT molecular complexity index is 942. The van der Waals surface area contributed by atoms with E-state index in [9.17, 15) is 4.79 Å². The second-order valence-electron chi connectivity index (χ2n) is 7.00. The van der Waals surface area contributed by atoms with Crippen LogP contribution in [0.25, 0.3) is 10.9 Å². The first-order valence-corrected chi connectivity index (χ1v) is 8.99. The molecule has 3 heteroatoms. The van der Waals surface area contributed by atoms with Gasteiger partial charge in [-0.1, -0.05) is 36.4 Å². The number of aromatic nitrogens is 1. The van der Waals surface area contributed by atoms with Crippen LogP contribution in [0, 0.1) is 20.8 Å². The Morgan fingerprint density at radius 1 is 1.00 bits per heavy atom. The standard InChI is InChI=1S/C22H26N2O/c1-5-24(13-18-9-7-6-8-10-18)14-19-17(4)23-20-12-15(2)11-16(3)21(20)22(19)25/h6-12H,5,13-14H2,1-4H3,(H,23,25)/p+1. The van der Waals surface area contributed by atoms with Gasteiger partial charge in [-0.25, -0.2) is 0 Å². The predicted molar refractivity (Wildman–Crippen MR) is 104 cm³/mol. The van der Waals surface area contributed by atoms with Crippen molar-refractivity contribution in [2.75, 3.05) is 6.54 Å². The lowest BCUT2D eigenvalue weighted by atomic mass is 10.0. The van der Waals surface area contributed by atoms with Crippen molar-refractivity contribution < 1.29 is 4.90 Å². The van der Waals surface area contributed by atoms with Crippen molar-refractivity contribution in [3.63, 3.8) is 0 Å². The fourth-order valence-corrected chi connectivity index (χ4v) is 3.63. The van der Waals surface area contributed by atoms with Crippen molar-refractivity contribution >= 4 is 10.9 Å². The van der Waals surface area contributed by atoms with Crippen molar-refractivity contribution in [3.05, 3.63) is 80.6 Å². The minimum Gasteiger partial charge on any atom is -0.358 e. The third kappa shape index (κ3) is 3.67. The molecule has 1 aromatic heterocycles. The molecule has 2 N–H and O–H groups in total. The molecule has 3 nitrogen and oxygen atoms in total. The van der Waals surface area contributed by atoms with Crippen LogP contribution in [-0.4, -0.2) is 11.5 Å². The fourth-order valence-electron chi connectivity index (χ4n) is 3.63. The van der Waals surface area contributed by atoms with Gasteiger partial charge in [0.2, 0.25) is 0 Å². The van der Waals surface area contributed by atoms with Crippen LogP contribution in [0.5, 0.6) is 0 Å². The summed E-state index contributed by atoms with van der Waals surface area (Å²) in [5.41, 5.74) is 6.57. The largest absolute Gasteiger partial charge is 0.358 e. The summed E-state index contributed by atoms with van der Waals surface area (Å²) >= 11 is 0. The van der Waals surface area contributed by atoms with E-state index >= 15 is 0 Å². The van der Waals surface area contributed by atoms with Gasteiger partial charge in [-0.15, -0.1) is 0 Å². The van der Waals surface area contributed by atoms with E-state index in [0.29, 0.717) is 0 Å². The molecule has 0 radical (unpaired) electrons. The van der Waals surface area contributed by atoms with E-state index < -0.39 is 0 Å². The Labute approximate surface area is 149 Å². The SMILES string of the molecule is CC[NH+](Cc1ccccc1)Cc1c(C)[nH]c2cc(C)cc(C)c2c1=O. The van der Waals surface area contributed by atoms with Crippen LogP contribution in [0.3, 0.4) is 0 Å². The second-order valence-corrected chi connectivity index (χ2v) is 7.00. The maximum Gasteiger partial charge on any atom is 0.198 e. The zero-order valence-electron chi connectivity index (χ0n) is 15.6. The highest BCUT2D eigenvalue weighted by Crippen LogP contribution is 2.17. The molecule has 25 heavy (non-hydrogen) atoms. The number of fused-ring (bicyclic) bond motifs is 1. The molecule has 1 unspecified atom stereocenters. The van der Waals surface area contributed by atoms with Crippen molar-refractivity contribution in [2.24, 2.45) is 0 Å². The highest BCUT2D eigenvalue weighted by Gasteiger charge is 2.17. The molecule has 0 aliphatic heterocycles. The quantitative estimate of drug-likeness (QED) is 0.739. The normalized spacial score (nSPS) is 12.5. The minimum absolute atomic E-state index is 0.183. The number of quaternary nitrogens is 1. The number of pyridine rings is 1. The zero-order valence-corrected chi connectivity index (χ0v) is 15.6. The van der Waals surface area contributed by atoms with Gasteiger partial charge in [0, 0.05) is 16.6 Å². The first-order valence-electron chi connectivity index (χ1n) is 8.99. The highest BCUT2D eigenvalue weighted by molar-refractivity contribution is 5.83. The van der Waals surface area contributed by atoms with E-state index in [-0.39, 0.29) is 5.43 Å². The summed E-state index contributed by atoms with van der Waals surface area (Å²) in [6, 6.07) is 14.6. The number of aromatic amines is 1. The lowest BCUT2D eigenvalue weighted by Crippen LogP contribution is -3.09. The third-order valence-corrected chi connectivity index (χ3v) is 4.98. The molecule has 1 atom stereocenters. The van der Waals surface area contributed by atoms with Crippen LogP contribution in [0.2, 0.25) is 0 Å². The number of H-pyrrole nitrogens is 1. The number of hydrogen-bond acceptors (Lipinski definition) is 1. The summed E-state index contributed by atoms with van der Waals surface area (Å²) < 4.78 is 0. The average Bonchev–Trinajstić information content (AvgIpc) is 2.57. The molecule has 3 rings (SSSR count). The molecule has 0 saturated carbocycles. The number of hydrogen-bond donors (Lipinski definition) is 2. The summed E-state index contributed by atoms with van der Waals surface area (Å²) in [5, 5.41) is 0.835. The lowest BCUT2D eigenvalue weighted by molar-refractivity contribution is -0.925. The highest BCUT2D eigenvalue weighted by atomic mass is 16.1. The molecule has 0 bridgehead atoms. The van der Waals surface area contributed by atoms with Crippen LogP contribution >= 0.6 is 0 Å². The number of benzene rings is 2. The van der Waals surface area contributed by atoms with Crippen molar-refractivity contribution in [3.8, 4) is 0 Å². The maximum absolute atomic E-state index is 13.2. The van der Waals surface area contributed by atoms with Gasteiger partial charge in [-0.05, 0) is 44.9 Å². The van der Waals surface area contributed by atoms with E-state index in [4.69, 9.17) is 0 Å². The Morgan fingerprint density at radius 3 is 2.40 bits per heavy atom. The van der Waals surface area contributed by atoms with Crippen LogP contribution in [0.15, 0.2) is 47.3 Å². The van der Waals surface area contributed by atoms with Crippen LogP contribution < -0.4 is 10.3 Å². The molecule has 1 heterocycles. The second kappa shape index (κ2) is 7.24. The first kappa shape index (κ1) is 17.4. The summed E-state index contributed by atoms with van der Waals surface area (Å²) in [7, 11) is 0. The maximum atomic E-state index is 13.2. The first-order chi connectivity index (χ1) is 12.0. The Kier molecular flexibility index (Phi) is 5.05. The molecule has 0 amide bonds. The molecule has 0 fully saturated rings. The molecule has 0 aliphatic carbocycles. The van der Waals surface area contributed by atoms with Gasteiger partial charge in [-0.2, -0.15) is 0 Å². The van der Waals surface area contributed by atoms with Gasteiger partial charge in [0.15, 0.2) is 5.43 Å². The summed E-state index contributed by atoms with van der Waals surface area (Å²) in [4.78, 5) is 18.0. The molecule has 0 aliphatic rings. The molecule has 0 saturated heterocycles. The van der Waals surface area contributed by atoms with Gasteiger partial charge in [0.1, 0.15) is 13.1 Å². The third-order valence-electron chi connectivity index (χ3n) is 4.98. The summed E-state index contributed by atoms with van der Waals surface area (Å²) in [6.07, 6.45) is 0. The molecule has 130 valence electrons. The van der Waals surface area contributed by atoms with Crippen molar-refractivity contribution in [1.29, 1.82) is 0 Å². The van der Waals surface area contributed by atoms with Gasteiger partial charge in [0.05, 0.1) is 17.6 Å². The Morgan fingerprint density at radius 2 is 1.72 bits per heavy atom.